The van der Waals surface area contributed by atoms with Crippen LogP contribution in [0.4, 0.5) is 0 Å². The first-order chi connectivity index (χ1) is 13.1. The van der Waals surface area contributed by atoms with Gasteiger partial charge in [-0.1, -0.05) is 11.6 Å². The molecule has 0 atom stereocenters. The van der Waals surface area contributed by atoms with E-state index in [1.807, 2.05) is 6.92 Å². The van der Waals surface area contributed by atoms with Crippen LogP contribution < -0.4 is 5.32 Å². The van der Waals surface area contributed by atoms with E-state index in [0.717, 1.165) is 32.2 Å². The molecule has 0 unspecified atom stereocenters. The average Bonchev–Trinajstić information content (AvgIpc) is 3.08. The highest BCUT2D eigenvalue weighted by Gasteiger charge is 2.25. The summed E-state index contributed by atoms with van der Waals surface area (Å²) in [5, 5.41) is 8.31. The summed E-state index contributed by atoms with van der Waals surface area (Å²) >= 11 is 5.99. The number of pyridine rings is 1. The SMILES string of the molecule is Cc1ncc(Cl)cc1C(=O)N[C@H]1CC[C@H](Cn2ncc3c2CCCC3)CC1. The number of hydrogen-bond acceptors (Lipinski definition) is 3. The van der Waals surface area contributed by atoms with Crippen molar-refractivity contribution in [2.24, 2.45) is 5.92 Å². The lowest BCUT2D eigenvalue weighted by Gasteiger charge is -2.29. The van der Waals surface area contributed by atoms with Gasteiger partial charge >= 0.3 is 0 Å². The summed E-state index contributed by atoms with van der Waals surface area (Å²) in [6.45, 7) is 2.86. The number of halogens is 1. The summed E-state index contributed by atoms with van der Waals surface area (Å²) in [5.74, 6) is 0.589. The first-order valence-corrected chi connectivity index (χ1v) is 10.4. The van der Waals surface area contributed by atoms with Crippen LogP contribution in [-0.4, -0.2) is 26.7 Å². The molecule has 27 heavy (non-hydrogen) atoms. The van der Waals surface area contributed by atoms with Gasteiger partial charge in [-0.3, -0.25) is 14.5 Å². The van der Waals surface area contributed by atoms with E-state index < -0.39 is 0 Å². The molecule has 0 saturated heterocycles. The topological polar surface area (TPSA) is 59.8 Å². The standard InChI is InChI=1S/C21H27ClN4O/c1-14-19(10-17(22)12-23-14)21(27)25-18-8-6-15(7-9-18)13-26-20-5-3-2-4-16(20)11-24-26/h10-12,15,18H,2-9,13H2,1H3,(H,25,27)/t15-,18-. The monoisotopic (exact) mass is 386 g/mol. The van der Waals surface area contributed by atoms with Crippen molar-refractivity contribution in [3.63, 3.8) is 0 Å². The van der Waals surface area contributed by atoms with Gasteiger partial charge in [0.25, 0.3) is 5.91 Å². The van der Waals surface area contributed by atoms with Crippen molar-refractivity contribution in [1.29, 1.82) is 0 Å². The normalized spacial score (nSPS) is 22.3. The first kappa shape index (κ1) is 18.5. The summed E-state index contributed by atoms with van der Waals surface area (Å²) in [5.41, 5.74) is 4.20. The molecule has 1 fully saturated rings. The molecule has 5 nitrogen and oxygen atoms in total. The molecular weight excluding hydrogens is 360 g/mol. The largest absolute Gasteiger partial charge is 0.349 e. The van der Waals surface area contributed by atoms with Gasteiger partial charge in [0.05, 0.1) is 22.5 Å². The van der Waals surface area contributed by atoms with Gasteiger partial charge in [-0.2, -0.15) is 5.10 Å². The second kappa shape index (κ2) is 8.01. The quantitative estimate of drug-likeness (QED) is 0.860. The molecule has 0 spiro atoms. The van der Waals surface area contributed by atoms with Crippen molar-refractivity contribution >= 4 is 17.5 Å². The predicted octanol–water partition coefficient (Wildman–Crippen LogP) is 4.11. The van der Waals surface area contributed by atoms with E-state index in [9.17, 15) is 4.79 Å². The second-order valence-corrected chi connectivity index (χ2v) is 8.42. The molecule has 0 aromatic carbocycles. The van der Waals surface area contributed by atoms with E-state index in [4.69, 9.17) is 11.6 Å². The van der Waals surface area contributed by atoms with Crippen molar-refractivity contribution in [3.8, 4) is 0 Å². The molecule has 1 N–H and O–H groups in total. The van der Waals surface area contributed by atoms with E-state index in [1.165, 1.54) is 36.9 Å². The van der Waals surface area contributed by atoms with Crippen molar-refractivity contribution in [3.05, 3.63) is 46.0 Å². The third-order valence-electron chi connectivity index (χ3n) is 6.06. The van der Waals surface area contributed by atoms with Crippen LogP contribution in [0, 0.1) is 12.8 Å². The smallest absolute Gasteiger partial charge is 0.253 e. The van der Waals surface area contributed by atoms with Gasteiger partial charge in [-0.25, -0.2) is 0 Å². The number of amides is 1. The van der Waals surface area contributed by atoms with Crippen LogP contribution in [0.3, 0.4) is 0 Å². The minimum Gasteiger partial charge on any atom is -0.349 e. The predicted molar refractivity (Wildman–Crippen MR) is 106 cm³/mol. The van der Waals surface area contributed by atoms with Gasteiger partial charge in [0.2, 0.25) is 0 Å². The molecule has 144 valence electrons. The fourth-order valence-electron chi connectivity index (χ4n) is 4.45. The summed E-state index contributed by atoms with van der Waals surface area (Å²) in [6, 6.07) is 1.93. The number of carbonyl (C=O) groups is 1. The molecule has 2 aromatic heterocycles. The third-order valence-corrected chi connectivity index (χ3v) is 6.26. The second-order valence-electron chi connectivity index (χ2n) is 7.98. The summed E-state index contributed by atoms with van der Waals surface area (Å²) in [7, 11) is 0. The van der Waals surface area contributed by atoms with E-state index in [2.05, 4.69) is 26.3 Å². The Morgan fingerprint density at radius 3 is 2.81 bits per heavy atom. The van der Waals surface area contributed by atoms with Crippen LogP contribution in [0.5, 0.6) is 0 Å². The fraction of sp³-hybridized carbons (Fsp3) is 0.571. The number of fused-ring (bicyclic) bond motifs is 1. The molecule has 1 amide bonds. The number of nitrogens with zero attached hydrogens (tertiary/aromatic N) is 3. The Hall–Kier alpha value is -1.88. The van der Waals surface area contributed by atoms with Gasteiger partial charge in [-0.05, 0) is 75.8 Å². The van der Waals surface area contributed by atoms with Crippen molar-refractivity contribution < 1.29 is 4.79 Å². The van der Waals surface area contributed by atoms with E-state index in [1.54, 1.807) is 12.3 Å². The van der Waals surface area contributed by atoms with Crippen molar-refractivity contribution in [1.82, 2.24) is 20.1 Å². The van der Waals surface area contributed by atoms with Gasteiger partial charge in [0.15, 0.2) is 0 Å². The maximum absolute atomic E-state index is 12.6. The number of aryl methyl sites for hydroxylation is 2. The van der Waals surface area contributed by atoms with Gasteiger partial charge in [0.1, 0.15) is 0 Å². The Labute approximate surface area is 165 Å². The molecule has 0 aliphatic heterocycles. The lowest BCUT2D eigenvalue weighted by molar-refractivity contribution is 0.0919. The highest BCUT2D eigenvalue weighted by molar-refractivity contribution is 6.30. The maximum atomic E-state index is 12.6. The van der Waals surface area contributed by atoms with Crippen LogP contribution in [-0.2, 0) is 19.4 Å². The Morgan fingerprint density at radius 1 is 1.22 bits per heavy atom. The van der Waals surface area contributed by atoms with Gasteiger partial charge in [-0.15, -0.1) is 0 Å². The fourth-order valence-corrected chi connectivity index (χ4v) is 4.61. The van der Waals surface area contributed by atoms with Crippen molar-refractivity contribution in [2.75, 3.05) is 0 Å². The minimum atomic E-state index is -0.0629. The molecule has 1 saturated carbocycles. The van der Waals surface area contributed by atoms with Crippen molar-refractivity contribution in [2.45, 2.75) is 70.9 Å². The third kappa shape index (κ3) is 4.18. The molecule has 2 aromatic rings. The average molecular weight is 387 g/mol. The molecule has 4 rings (SSSR count). The Morgan fingerprint density at radius 2 is 2.00 bits per heavy atom. The van der Waals surface area contributed by atoms with Crippen LogP contribution in [0.1, 0.15) is 65.8 Å². The highest BCUT2D eigenvalue weighted by Crippen LogP contribution is 2.28. The molecule has 0 bridgehead atoms. The number of aromatic nitrogens is 3. The number of carbonyl (C=O) groups excluding carboxylic acids is 1. The minimum absolute atomic E-state index is 0.0629. The molecule has 2 heterocycles. The molecular formula is C21H27ClN4O. The molecule has 2 aliphatic rings. The van der Waals surface area contributed by atoms with E-state index >= 15 is 0 Å². The summed E-state index contributed by atoms with van der Waals surface area (Å²) in [6.07, 6.45) is 12.9. The first-order valence-electron chi connectivity index (χ1n) is 10.1. The lowest BCUT2D eigenvalue weighted by atomic mass is 9.85. The number of rotatable bonds is 4. The zero-order chi connectivity index (χ0) is 18.8. The Bertz CT molecular complexity index is 824. The zero-order valence-electron chi connectivity index (χ0n) is 15.9. The Balaban J connectivity index is 1.31. The van der Waals surface area contributed by atoms with Crippen LogP contribution in [0.25, 0.3) is 0 Å². The lowest BCUT2D eigenvalue weighted by Crippen LogP contribution is -2.38. The van der Waals surface area contributed by atoms with E-state index in [0.29, 0.717) is 22.2 Å². The number of nitrogens with one attached hydrogen (secondary N) is 1. The van der Waals surface area contributed by atoms with E-state index in [-0.39, 0.29) is 11.9 Å². The summed E-state index contributed by atoms with van der Waals surface area (Å²) < 4.78 is 2.25. The van der Waals surface area contributed by atoms with Crippen LogP contribution >= 0.6 is 11.6 Å². The maximum Gasteiger partial charge on any atom is 0.253 e. The van der Waals surface area contributed by atoms with Crippen LogP contribution in [0.15, 0.2) is 18.5 Å². The highest BCUT2D eigenvalue weighted by atomic mass is 35.5. The zero-order valence-corrected chi connectivity index (χ0v) is 16.6. The molecule has 6 heteroatoms. The molecule has 2 aliphatic carbocycles. The molecule has 0 radical (unpaired) electrons. The Kier molecular flexibility index (Phi) is 5.48. The van der Waals surface area contributed by atoms with Gasteiger partial charge in [0, 0.05) is 24.5 Å². The summed E-state index contributed by atoms with van der Waals surface area (Å²) in [4.78, 5) is 16.7. The number of hydrogen-bond donors (Lipinski definition) is 1. The van der Waals surface area contributed by atoms with Crippen LogP contribution in [0.2, 0.25) is 5.02 Å². The van der Waals surface area contributed by atoms with Gasteiger partial charge < -0.3 is 5.32 Å².